The van der Waals surface area contributed by atoms with Crippen molar-refractivity contribution in [3.8, 4) is 0 Å². The van der Waals surface area contributed by atoms with Gasteiger partial charge in [0.2, 0.25) is 5.91 Å². The number of pyridine rings is 1. The van der Waals surface area contributed by atoms with Crippen molar-refractivity contribution in [2.45, 2.75) is 25.3 Å². The van der Waals surface area contributed by atoms with E-state index in [-0.39, 0.29) is 17.3 Å². The van der Waals surface area contributed by atoms with Crippen LogP contribution < -0.4 is 16.4 Å². The second-order valence-electron chi connectivity index (χ2n) is 6.66. The lowest BCUT2D eigenvalue weighted by Gasteiger charge is -2.35. The van der Waals surface area contributed by atoms with Crippen molar-refractivity contribution in [1.82, 2.24) is 9.88 Å². The molecule has 1 fully saturated rings. The Labute approximate surface area is 163 Å². The van der Waals surface area contributed by atoms with Gasteiger partial charge in [0, 0.05) is 25.5 Å². The molecule has 1 saturated heterocycles. The van der Waals surface area contributed by atoms with Gasteiger partial charge in [0.05, 0.1) is 23.5 Å². The second kappa shape index (κ2) is 8.51. The van der Waals surface area contributed by atoms with Gasteiger partial charge in [0.25, 0.3) is 0 Å². The maximum Gasteiger partial charge on any atom is 0.313 e. The minimum absolute atomic E-state index is 0.145. The van der Waals surface area contributed by atoms with E-state index in [1.807, 2.05) is 31.3 Å². The molecule has 8 heteroatoms. The van der Waals surface area contributed by atoms with Crippen LogP contribution in [0.5, 0.6) is 0 Å². The quantitative estimate of drug-likeness (QED) is 0.700. The monoisotopic (exact) mass is 381 g/mol. The van der Waals surface area contributed by atoms with E-state index >= 15 is 0 Å². The highest BCUT2D eigenvalue weighted by molar-refractivity contribution is 6.39. The largest absolute Gasteiger partial charge is 0.388 e. The molecule has 1 atom stereocenters. The number of primary amides is 1. The summed E-state index contributed by atoms with van der Waals surface area (Å²) in [6, 6.07) is 9.10. The number of hydrogen-bond donors (Lipinski definition) is 3. The Hall–Kier alpha value is -3.42. The van der Waals surface area contributed by atoms with Gasteiger partial charge in [-0.3, -0.25) is 19.4 Å². The molecule has 0 aliphatic carbocycles. The van der Waals surface area contributed by atoms with E-state index in [1.165, 1.54) is 18.5 Å². The molecule has 0 saturated carbocycles. The average Bonchev–Trinajstić information content (AvgIpc) is 2.73. The maximum atomic E-state index is 12.8. The van der Waals surface area contributed by atoms with E-state index in [1.54, 1.807) is 4.90 Å². The zero-order valence-corrected chi connectivity index (χ0v) is 15.6. The first-order valence-corrected chi connectivity index (χ1v) is 9.14. The van der Waals surface area contributed by atoms with E-state index in [4.69, 9.17) is 5.73 Å². The number of benzene rings is 1. The molecule has 146 valence electrons. The van der Waals surface area contributed by atoms with Crippen molar-refractivity contribution in [3.63, 3.8) is 0 Å². The summed E-state index contributed by atoms with van der Waals surface area (Å²) in [5.41, 5.74) is 7.61. The molecule has 28 heavy (non-hydrogen) atoms. The van der Waals surface area contributed by atoms with Gasteiger partial charge in [-0.15, -0.1) is 0 Å². The summed E-state index contributed by atoms with van der Waals surface area (Å²) in [6.07, 6.45) is 5.31. The van der Waals surface area contributed by atoms with Crippen LogP contribution in [0.2, 0.25) is 0 Å². The normalized spacial score (nSPS) is 16.3. The number of aromatic nitrogens is 1. The molecule has 2 aromatic rings. The van der Waals surface area contributed by atoms with Gasteiger partial charge in [-0.1, -0.05) is 12.1 Å². The molecular weight excluding hydrogens is 358 g/mol. The topological polar surface area (TPSA) is 117 Å². The van der Waals surface area contributed by atoms with Crippen LogP contribution in [0.3, 0.4) is 0 Å². The zero-order valence-electron chi connectivity index (χ0n) is 15.6. The Morgan fingerprint density at radius 3 is 2.54 bits per heavy atom. The molecule has 4 N–H and O–H groups in total. The fourth-order valence-electron chi connectivity index (χ4n) is 3.35. The third kappa shape index (κ3) is 4.28. The molecular formula is C20H23N5O3. The summed E-state index contributed by atoms with van der Waals surface area (Å²) >= 11 is 0. The van der Waals surface area contributed by atoms with Crippen molar-refractivity contribution >= 4 is 29.1 Å². The number of hydrogen-bond acceptors (Lipinski definition) is 5. The van der Waals surface area contributed by atoms with Crippen LogP contribution in [0, 0.1) is 0 Å². The van der Waals surface area contributed by atoms with E-state index in [0.29, 0.717) is 6.54 Å². The number of carbonyl (C=O) groups is 3. The highest BCUT2D eigenvalue weighted by atomic mass is 16.2. The molecule has 0 unspecified atom stereocenters. The van der Waals surface area contributed by atoms with Crippen LogP contribution in [-0.4, -0.2) is 41.2 Å². The molecule has 0 spiro atoms. The molecule has 0 bridgehead atoms. The van der Waals surface area contributed by atoms with Crippen LogP contribution in [0.15, 0.2) is 42.7 Å². The predicted octanol–water partition coefficient (Wildman–Crippen LogP) is 1.91. The van der Waals surface area contributed by atoms with Gasteiger partial charge < -0.3 is 21.3 Å². The van der Waals surface area contributed by atoms with E-state index in [2.05, 4.69) is 15.6 Å². The first-order chi connectivity index (χ1) is 13.5. The molecule has 1 aliphatic heterocycles. The number of piperidine rings is 1. The highest BCUT2D eigenvalue weighted by Crippen LogP contribution is 2.31. The SMILES string of the molecule is CNc1ccc([C@@H]2CCCCN2C(=O)C(=O)Nc2cncc(C(N)=O)c2)cc1. The fraction of sp³-hybridized carbons (Fsp3) is 0.300. The predicted molar refractivity (Wildman–Crippen MR) is 106 cm³/mol. The van der Waals surface area contributed by atoms with Crippen molar-refractivity contribution in [2.24, 2.45) is 5.73 Å². The summed E-state index contributed by atoms with van der Waals surface area (Å²) in [5, 5.41) is 5.58. The third-order valence-corrected chi connectivity index (χ3v) is 4.82. The van der Waals surface area contributed by atoms with Gasteiger partial charge in [0.15, 0.2) is 0 Å². The number of carbonyl (C=O) groups excluding carboxylic acids is 3. The average molecular weight is 381 g/mol. The van der Waals surface area contributed by atoms with Crippen molar-refractivity contribution in [3.05, 3.63) is 53.9 Å². The molecule has 1 aromatic carbocycles. The van der Waals surface area contributed by atoms with Crippen LogP contribution >= 0.6 is 0 Å². The van der Waals surface area contributed by atoms with Gasteiger partial charge in [-0.05, 0) is 43.0 Å². The Morgan fingerprint density at radius 1 is 1.11 bits per heavy atom. The summed E-state index contributed by atoms with van der Waals surface area (Å²) < 4.78 is 0. The van der Waals surface area contributed by atoms with Crippen LogP contribution in [0.1, 0.15) is 41.2 Å². The minimum atomic E-state index is -0.762. The molecule has 1 aromatic heterocycles. The number of nitrogens with two attached hydrogens (primary N) is 1. The molecule has 3 amide bonds. The van der Waals surface area contributed by atoms with Crippen LogP contribution in [0.25, 0.3) is 0 Å². The summed E-state index contributed by atoms with van der Waals surface area (Å²) in [6.45, 7) is 0.518. The Kier molecular flexibility index (Phi) is 5.88. The lowest BCUT2D eigenvalue weighted by Crippen LogP contribution is -2.44. The Balaban J connectivity index is 1.75. The maximum absolute atomic E-state index is 12.8. The van der Waals surface area contributed by atoms with Gasteiger partial charge in [-0.25, -0.2) is 0 Å². The number of nitrogens with one attached hydrogen (secondary N) is 2. The number of anilines is 2. The first-order valence-electron chi connectivity index (χ1n) is 9.14. The number of amides is 3. The molecule has 0 radical (unpaired) electrons. The summed E-state index contributed by atoms with van der Waals surface area (Å²) in [7, 11) is 1.85. The lowest BCUT2D eigenvalue weighted by molar-refractivity contribution is -0.145. The standard InChI is InChI=1S/C20H23N5O3/c1-22-15-7-5-13(6-8-15)17-4-2-3-9-25(17)20(28)19(27)24-16-10-14(18(21)26)11-23-12-16/h5-8,10-12,17,22H,2-4,9H2,1H3,(H2,21,26)(H,24,27)/t17-/m0/s1. The first kappa shape index (κ1) is 19.3. The Morgan fingerprint density at radius 2 is 1.86 bits per heavy atom. The van der Waals surface area contributed by atoms with Crippen molar-refractivity contribution in [1.29, 1.82) is 0 Å². The highest BCUT2D eigenvalue weighted by Gasteiger charge is 2.31. The van der Waals surface area contributed by atoms with E-state index in [0.717, 1.165) is 30.5 Å². The summed E-state index contributed by atoms with van der Waals surface area (Å²) in [4.78, 5) is 42.1. The number of nitrogens with zero attached hydrogens (tertiary/aromatic N) is 2. The molecule has 3 rings (SSSR count). The summed E-state index contributed by atoms with van der Waals surface area (Å²) in [5.74, 6) is -2.02. The number of likely N-dealkylation sites (tertiary alicyclic amines) is 1. The minimum Gasteiger partial charge on any atom is -0.388 e. The van der Waals surface area contributed by atoms with Crippen LogP contribution in [0.4, 0.5) is 11.4 Å². The van der Waals surface area contributed by atoms with Crippen molar-refractivity contribution in [2.75, 3.05) is 24.2 Å². The van der Waals surface area contributed by atoms with Gasteiger partial charge in [0.1, 0.15) is 0 Å². The molecule has 1 aliphatic rings. The van der Waals surface area contributed by atoms with E-state index < -0.39 is 17.7 Å². The smallest absolute Gasteiger partial charge is 0.313 e. The second-order valence-corrected chi connectivity index (χ2v) is 6.66. The van der Waals surface area contributed by atoms with Gasteiger partial charge in [-0.2, -0.15) is 0 Å². The van der Waals surface area contributed by atoms with Crippen molar-refractivity contribution < 1.29 is 14.4 Å². The van der Waals surface area contributed by atoms with E-state index in [9.17, 15) is 14.4 Å². The third-order valence-electron chi connectivity index (χ3n) is 4.82. The lowest BCUT2D eigenvalue weighted by atomic mass is 9.95. The number of rotatable bonds is 4. The zero-order chi connectivity index (χ0) is 20.1. The molecule has 8 nitrogen and oxygen atoms in total. The fourth-order valence-corrected chi connectivity index (χ4v) is 3.35. The molecule has 2 heterocycles. The Bertz CT molecular complexity index is 882. The van der Waals surface area contributed by atoms with Crippen LogP contribution in [-0.2, 0) is 9.59 Å². The van der Waals surface area contributed by atoms with Gasteiger partial charge >= 0.3 is 11.8 Å².